The number of alkyl halides is 3. The second-order valence-corrected chi connectivity index (χ2v) is 10.3. The Labute approximate surface area is 214 Å². The third kappa shape index (κ3) is 5.58. The number of carbonyl (C=O) groups is 1. The molecule has 2 aromatic heterocycles. The number of halogens is 3. The summed E-state index contributed by atoms with van der Waals surface area (Å²) in [6.45, 7) is 6.94. The summed E-state index contributed by atoms with van der Waals surface area (Å²) in [5, 5.41) is 8.57. The first-order valence-electron chi connectivity index (χ1n) is 12.9. The van der Waals surface area contributed by atoms with Crippen LogP contribution in [0.25, 0.3) is 10.9 Å². The number of hydrogen-bond acceptors (Lipinski definition) is 5. The van der Waals surface area contributed by atoms with Crippen LogP contribution in [0.2, 0.25) is 0 Å². The smallest absolute Gasteiger partial charge is 0.378 e. The Morgan fingerprint density at radius 1 is 1.11 bits per heavy atom. The fraction of sp³-hybridized carbons (Fsp3) is 0.519. The van der Waals surface area contributed by atoms with Crippen LogP contribution in [0.4, 0.5) is 24.5 Å². The third-order valence-corrected chi connectivity index (χ3v) is 7.57. The van der Waals surface area contributed by atoms with E-state index in [-0.39, 0.29) is 5.69 Å². The van der Waals surface area contributed by atoms with Gasteiger partial charge in [-0.05, 0) is 61.8 Å². The van der Waals surface area contributed by atoms with Gasteiger partial charge in [0.1, 0.15) is 11.4 Å². The Balaban J connectivity index is 1.45. The standard InChI is InChI=1S/C27H32F3N5O2/c1-17(2)18-6-8-20(9-7-18)35-16-19-14-23(24(15-22(19)33-35)34-10-12-37-13-11-34)32-26(36)21-4-3-5-25(31-21)27(28,29)30/h3-5,14-18,20H,6-13H2,1-2H3,(H,32,36)/t18-,20-. The fourth-order valence-electron chi connectivity index (χ4n) is 5.37. The van der Waals surface area contributed by atoms with E-state index in [0.29, 0.717) is 44.0 Å². The molecule has 198 valence electrons. The molecule has 1 aliphatic carbocycles. The Morgan fingerprint density at radius 3 is 2.51 bits per heavy atom. The van der Waals surface area contributed by atoms with Crippen LogP contribution in [0.1, 0.15) is 61.8 Å². The molecule has 0 atom stereocenters. The SMILES string of the molecule is CC(C)[C@H]1CC[C@H](n2cc3cc(NC(=O)c4cccc(C(F)(F)F)n4)c(N4CCOCC4)cc3n2)CC1. The molecule has 5 rings (SSSR count). The largest absolute Gasteiger partial charge is 0.433 e. The topological polar surface area (TPSA) is 72.3 Å². The van der Waals surface area contributed by atoms with Gasteiger partial charge in [0.25, 0.3) is 5.91 Å². The number of aromatic nitrogens is 3. The molecule has 0 bridgehead atoms. The molecular weight excluding hydrogens is 483 g/mol. The Bertz CT molecular complexity index is 1260. The molecule has 1 aromatic carbocycles. The Kier molecular flexibility index (Phi) is 7.11. The number of carbonyl (C=O) groups excluding carboxylic acids is 1. The van der Waals surface area contributed by atoms with Crippen LogP contribution in [0.3, 0.4) is 0 Å². The number of pyridine rings is 1. The molecule has 10 heteroatoms. The van der Waals surface area contributed by atoms with Crippen molar-refractivity contribution in [2.45, 2.75) is 51.7 Å². The zero-order chi connectivity index (χ0) is 26.2. The molecule has 1 amide bonds. The van der Waals surface area contributed by atoms with Crippen molar-refractivity contribution >= 4 is 28.2 Å². The van der Waals surface area contributed by atoms with Crippen molar-refractivity contribution in [2.75, 3.05) is 36.5 Å². The maximum absolute atomic E-state index is 13.1. The van der Waals surface area contributed by atoms with Crippen LogP contribution in [-0.4, -0.2) is 47.0 Å². The van der Waals surface area contributed by atoms with Gasteiger partial charge in [0, 0.05) is 24.7 Å². The number of morpholine rings is 1. The third-order valence-electron chi connectivity index (χ3n) is 7.57. The molecule has 1 saturated heterocycles. The van der Waals surface area contributed by atoms with Gasteiger partial charge in [0.15, 0.2) is 0 Å². The van der Waals surface area contributed by atoms with Gasteiger partial charge in [0.05, 0.1) is 36.1 Å². The molecule has 2 aliphatic rings. The quantitative estimate of drug-likeness (QED) is 0.456. The molecule has 0 spiro atoms. The van der Waals surface area contributed by atoms with E-state index in [2.05, 4.69) is 29.0 Å². The van der Waals surface area contributed by atoms with E-state index in [4.69, 9.17) is 9.84 Å². The van der Waals surface area contributed by atoms with E-state index in [0.717, 1.165) is 41.4 Å². The van der Waals surface area contributed by atoms with Crippen LogP contribution in [-0.2, 0) is 10.9 Å². The van der Waals surface area contributed by atoms with Gasteiger partial charge in [-0.3, -0.25) is 9.48 Å². The summed E-state index contributed by atoms with van der Waals surface area (Å²) < 4.78 is 46.9. The molecule has 3 aromatic rings. The number of fused-ring (bicyclic) bond motifs is 1. The van der Waals surface area contributed by atoms with Crippen molar-refractivity contribution in [3.8, 4) is 0 Å². The summed E-state index contributed by atoms with van der Waals surface area (Å²) in [7, 11) is 0. The first-order chi connectivity index (χ1) is 17.7. The van der Waals surface area contributed by atoms with Crippen molar-refractivity contribution in [3.63, 3.8) is 0 Å². The van der Waals surface area contributed by atoms with E-state index >= 15 is 0 Å². The van der Waals surface area contributed by atoms with Gasteiger partial charge < -0.3 is 15.0 Å². The van der Waals surface area contributed by atoms with Gasteiger partial charge in [-0.15, -0.1) is 0 Å². The predicted octanol–water partition coefficient (Wildman–Crippen LogP) is 5.93. The first kappa shape index (κ1) is 25.5. The zero-order valence-corrected chi connectivity index (χ0v) is 21.1. The minimum Gasteiger partial charge on any atom is -0.378 e. The van der Waals surface area contributed by atoms with Crippen LogP contribution in [0.5, 0.6) is 0 Å². The summed E-state index contributed by atoms with van der Waals surface area (Å²) >= 11 is 0. The van der Waals surface area contributed by atoms with E-state index in [1.165, 1.54) is 25.0 Å². The molecule has 1 aliphatic heterocycles. The number of rotatable bonds is 5. The lowest BCUT2D eigenvalue weighted by Crippen LogP contribution is -2.36. The lowest BCUT2D eigenvalue weighted by atomic mass is 9.80. The fourth-order valence-corrected chi connectivity index (χ4v) is 5.37. The molecule has 37 heavy (non-hydrogen) atoms. The lowest BCUT2D eigenvalue weighted by Gasteiger charge is -2.31. The number of ether oxygens (including phenoxy) is 1. The molecule has 2 fully saturated rings. The van der Waals surface area contributed by atoms with Gasteiger partial charge >= 0.3 is 6.18 Å². The number of benzene rings is 1. The molecule has 1 N–H and O–H groups in total. The average Bonchev–Trinajstić information content (AvgIpc) is 3.31. The highest BCUT2D eigenvalue weighted by molar-refractivity contribution is 6.06. The van der Waals surface area contributed by atoms with Gasteiger partial charge in [-0.2, -0.15) is 18.3 Å². The van der Waals surface area contributed by atoms with Crippen molar-refractivity contribution < 1.29 is 22.7 Å². The minimum absolute atomic E-state index is 0.291. The van der Waals surface area contributed by atoms with E-state index in [1.807, 2.05) is 23.0 Å². The number of nitrogens with zero attached hydrogens (tertiary/aromatic N) is 4. The number of amides is 1. The highest BCUT2D eigenvalue weighted by Gasteiger charge is 2.33. The van der Waals surface area contributed by atoms with Crippen molar-refractivity contribution in [1.82, 2.24) is 14.8 Å². The number of anilines is 2. The highest BCUT2D eigenvalue weighted by atomic mass is 19.4. The van der Waals surface area contributed by atoms with E-state index in [1.54, 1.807) is 0 Å². The van der Waals surface area contributed by atoms with Gasteiger partial charge in [0.2, 0.25) is 0 Å². The highest BCUT2D eigenvalue weighted by Crippen LogP contribution is 2.38. The van der Waals surface area contributed by atoms with Crippen LogP contribution in [0.15, 0.2) is 36.5 Å². The van der Waals surface area contributed by atoms with Gasteiger partial charge in [-0.25, -0.2) is 4.98 Å². The van der Waals surface area contributed by atoms with Crippen molar-refractivity contribution in [3.05, 3.63) is 47.9 Å². The summed E-state index contributed by atoms with van der Waals surface area (Å²) in [5.74, 6) is 0.742. The normalized spacial score (nSPS) is 21.0. The maximum Gasteiger partial charge on any atom is 0.433 e. The van der Waals surface area contributed by atoms with E-state index < -0.39 is 17.8 Å². The summed E-state index contributed by atoms with van der Waals surface area (Å²) in [5.41, 5.74) is 0.715. The number of nitrogens with one attached hydrogen (secondary N) is 1. The second kappa shape index (κ2) is 10.3. The Hall–Kier alpha value is -3.14. The van der Waals surface area contributed by atoms with Crippen molar-refractivity contribution in [1.29, 1.82) is 0 Å². The second-order valence-electron chi connectivity index (χ2n) is 10.3. The van der Waals surface area contributed by atoms with E-state index in [9.17, 15) is 18.0 Å². The molecule has 0 radical (unpaired) electrons. The van der Waals surface area contributed by atoms with Crippen molar-refractivity contribution in [2.24, 2.45) is 11.8 Å². The average molecular weight is 516 g/mol. The zero-order valence-electron chi connectivity index (χ0n) is 21.1. The Morgan fingerprint density at radius 2 is 1.84 bits per heavy atom. The number of hydrogen-bond donors (Lipinski definition) is 1. The van der Waals surface area contributed by atoms with Gasteiger partial charge in [-0.1, -0.05) is 19.9 Å². The summed E-state index contributed by atoms with van der Waals surface area (Å²) in [6.07, 6.45) is 1.91. The molecule has 0 unspecified atom stereocenters. The molecular formula is C27H32F3N5O2. The van der Waals surface area contributed by atoms with Crippen LogP contribution >= 0.6 is 0 Å². The monoisotopic (exact) mass is 515 g/mol. The summed E-state index contributed by atoms with van der Waals surface area (Å²) in [4.78, 5) is 18.6. The molecule has 3 heterocycles. The van der Waals surface area contributed by atoms with Crippen LogP contribution in [0, 0.1) is 11.8 Å². The predicted molar refractivity (Wildman–Crippen MR) is 136 cm³/mol. The minimum atomic E-state index is -4.63. The lowest BCUT2D eigenvalue weighted by molar-refractivity contribution is -0.141. The maximum atomic E-state index is 13.1. The van der Waals surface area contributed by atoms with Crippen LogP contribution < -0.4 is 10.2 Å². The first-order valence-corrected chi connectivity index (χ1v) is 12.9. The summed E-state index contributed by atoms with van der Waals surface area (Å²) in [6, 6.07) is 7.46. The molecule has 7 nitrogen and oxygen atoms in total. The molecule has 1 saturated carbocycles.